The van der Waals surface area contributed by atoms with Crippen molar-refractivity contribution in [3.05, 3.63) is 46.8 Å². The highest BCUT2D eigenvalue weighted by Crippen LogP contribution is 2.18. The second kappa shape index (κ2) is 9.37. The van der Waals surface area contributed by atoms with Crippen molar-refractivity contribution in [3.8, 4) is 0 Å². The van der Waals surface area contributed by atoms with Crippen molar-refractivity contribution in [1.82, 2.24) is 19.7 Å². The van der Waals surface area contributed by atoms with E-state index in [1.165, 1.54) is 11.3 Å². The quantitative estimate of drug-likeness (QED) is 0.783. The van der Waals surface area contributed by atoms with E-state index in [-0.39, 0.29) is 11.8 Å². The van der Waals surface area contributed by atoms with E-state index in [9.17, 15) is 9.59 Å². The van der Waals surface area contributed by atoms with Gasteiger partial charge in [-0.3, -0.25) is 14.5 Å². The maximum atomic E-state index is 12.7. The van der Waals surface area contributed by atoms with Crippen LogP contribution in [0.15, 0.2) is 41.9 Å². The third-order valence-corrected chi connectivity index (χ3v) is 6.47. The van der Waals surface area contributed by atoms with Crippen LogP contribution in [0.2, 0.25) is 0 Å². The molecule has 0 aliphatic carbocycles. The fourth-order valence-electron chi connectivity index (χ4n) is 3.95. The van der Waals surface area contributed by atoms with E-state index in [4.69, 9.17) is 0 Å². The van der Waals surface area contributed by atoms with E-state index in [1.807, 2.05) is 45.5 Å². The van der Waals surface area contributed by atoms with Crippen molar-refractivity contribution in [1.29, 1.82) is 0 Å². The Morgan fingerprint density at radius 1 is 1.07 bits per heavy atom. The van der Waals surface area contributed by atoms with Crippen LogP contribution in [-0.4, -0.2) is 83.9 Å². The summed E-state index contributed by atoms with van der Waals surface area (Å²) in [6, 6.07) is 9.61. The van der Waals surface area contributed by atoms with Gasteiger partial charge in [-0.1, -0.05) is 12.1 Å². The van der Waals surface area contributed by atoms with Crippen LogP contribution < -0.4 is 5.32 Å². The minimum absolute atomic E-state index is 0.0786. The summed E-state index contributed by atoms with van der Waals surface area (Å²) < 4.78 is 0. The molecule has 154 valence electrons. The van der Waals surface area contributed by atoms with Gasteiger partial charge in [0.2, 0.25) is 5.91 Å². The number of aromatic nitrogens is 1. The predicted octanol–water partition coefficient (Wildman–Crippen LogP) is 1.86. The van der Waals surface area contributed by atoms with Gasteiger partial charge in [0.25, 0.3) is 5.91 Å². The second-order valence-corrected chi connectivity index (χ2v) is 8.58. The molecule has 2 aromatic heterocycles. The molecule has 0 radical (unpaired) electrons. The van der Waals surface area contributed by atoms with Gasteiger partial charge in [-0.15, -0.1) is 11.3 Å². The first-order valence-electron chi connectivity index (χ1n) is 10.2. The number of thiophene rings is 1. The molecule has 2 aromatic rings. The smallest absolute Gasteiger partial charge is 0.264 e. The molecule has 7 nitrogen and oxygen atoms in total. The number of anilines is 1. The third kappa shape index (κ3) is 5.13. The number of carbonyl (C=O) groups excluding carboxylic acids is 2. The number of hydrogen-bond donors (Lipinski definition) is 1. The van der Waals surface area contributed by atoms with E-state index in [2.05, 4.69) is 15.2 Å². The lowest BCUT2D eigenvalue weighted by molar-refractivity contribution is -0.133. The molecule has 29 heavy (non-hydrogen) atoms. The van der Waals surface area contributed by atoms with Crippen molar-refractivity contribution in [2.75, 3.05) is 57.7 Å². The Kier molecular flexibility index (Phi) is 6.41. The lowest BCUT2D eigenvalue weighted by Gasteiger charge is -2.35. The number of carbonyl (C=O) groups is 2. The molecule has 0 bridgehead atoms. The molecule has 2 aliphatic rings. The molecule has 8 heteroatoms. The van der Waals surface area contributed by atoms with E-state index < -0.39 is 0 Å². The van der Waals surface area contributed by atoms with Crippen LogP contribution in [0, 0.1) is 5.92 Å². The molecule has 2 saturated heterocycles. The summed E-state index contributed by atoms with van der Waals surface area (Å²) in [7, 11) is 0. The average Bonchev–Trinajstić information content (AvgIpc) is 3.45. The van der Waals surface area contributed by atoms with Crippen molar-refractivity contribution < 1.29 is 9.59 Å². The highest BCUT2D eigenvalue weighted by atomic mass is 32.1. The monoisotopic (exact) mass is 413 g/mol. The number of likely N-dealkylation sites (tertiary alicyclic amines) is 1. The van der Waals surface area contributed by atoms with Crippen LogP contribution in [0.5, 0.6) is 0 Å². The lowest BCUT2D eigenvalue weighted by atomic mass is 10.1. The highest BCUT2D eigenvalue weighted by molar-refractivity contribution is 7.12. The summed E-state index contributed by atoms with van der Waals surface area (Å²) in [5, 5.41) is 5.30. The Morgan fingerprint density at radius 2 is 1.90 bits per heavy atom. The van der Waals surface area contributed by atoms with Crippen LogP contribution in [0.3, 0.4) is 0 Å². The number of nitrogens with zero attached hydrogens (tertiary/aromatic N) is 4. The summed E-state index contributed by atoms with van der Waals surface area (Å²) in [6.45, 7) is 5.70. The van der Waals surface area contributed by atoms with Crippen LogP contribution in [0.25, 0.3) is 0 Å². The lowest BCUT2D eigenvalue weighted by Crippen LogP contribution is -2.52. The van der Waals surface area contributed by atoms with Gasteiger partial charge in [0.1, 0.15) is 5.82 Å². The zero-order valence-electron chi connectivity index (χ0n) is 16.5. The summed E-state index contributed by atoms with van der Waals surface area (Å²) >= 11 is 1.47. The maximum absolute atomic E-state index is 12.7. The van der Waals surface area contributed by atoms with Gasteiger partial charge in [-0.05, 0) is 42.5 Å². The zero-order chi connectivity index (χ0) is 20.1. The first kappa shape index (κ1) is 19.8. The first-order valence-corrected chi connectivity index (χ1v) is 11.0. The molecule has 2 aliphatic heterocycles. The molecule has 1 unspecified atom stereocenters. The zero-order valence-corrected chi connectivity index (χ0v) is 17.3. The molecule has 0 spiro atoms. The van der Waals surface area contributed by atoms with E-state index in [1.54, 1.807) is 6.20 Å². The summed E-state index contributed by atoms with van der Waals surface area (Å²) in [5.74, 6) is 1.68. The summed E-state index contributed by atoms with van der Waals surface area (Å²) in [4.78, 5) is 36.2. The molecular weight excluding hydrogens is 386 g/mol. The molecule has 0 saturated carbocycles. The van der Waals surface area contributed by atoms with Crippen molar-refractivity contribution in [2.24, 2.45) is 5.92 Å². The molecule has 0 aromatic carbocycles. The Hall–Kier alpha value is -2.45. The van der Waals surface area contributed by atoms with E-state index >= 15 is 0 Å². The van der Waals surface area contributed by atoms with Gasteiger partial charge in [-0.25, -0.2) is 4.98 Å². The number of pyridine rings is 1. The Bertz CT molecular complexity index is 806. The molecule has 4 heterocycles. The number of piperazine rings is 1. The minimum Gasteiger partial charge on any atom is -0.370 e. The van der Waals surface area contributed by atoms with Crippen LogP contribution in [0.4, 0.5) is 5.82 Å². The molecular formula is C21H27N5O2S. The third-order valence-electron chi connectivity index (χ3n) is 5.62. The SMILES string of the molecule is O=C(CN1CCC(CNc2ccccn2)C1)N1CCN(C(=O)c2cccs2)CC1. The van der Waals surface area contributed by atoms with Gasteiger partial charge in [-0.2, -0.15) is 0 Å². The summed E-state index contributed by atoms with van der Waals surface area (Å²) in [6.07, 6.45) is 2.88. The van der Waals surface area contributed by atoms with Gasteiger partial charge >= 0.3 is 0 Å². The number of nitrogens with one attached hydrogen (secondary N) is 1. The maximum Gasteiger partial charge on any atom is 0.264 e. The summed E-state index contributed by atoms with van der Waals surface area (Å²) in [5.41, 5.74) is 0. The van der Waals surface area contributed by atoms with Crippen molar-refractivity contribution >= 4 is 29.0 Å². The van der Waals surface area contributed by atoms with Crippen LogP contribution in [0.1, 0.15) is 16.1 Å². The fourth-order valence-corrected chi connectivity index (χ4v) is 4.64. The Balaban J connectivity index is 1.18. The van der Waals surface area contributed by atoms with Crippen molar-refractivity contribution in [2.45, 2.75) is 6.42 Å². The topological polar surface area (TPSA) is 68.8 Å². The van der Waals surface area contributed by atoms with Gasteiger partial charge in [0, 0.05) is 45.5 Å². The Labute approximate surface area is 175 Å². The molecule has 2 amide bonds. The normalized spacial score (nSPS) is 20.1. The van der Waals surface area contributed by atoms with Crippen LogP contribution >= 0.6 is 11.3 Å². The minimum atomic E-state index is 0.0786. The molecule has 2 fully saturated rings. The Morgan fingerprint density at radius 3 is 2.62 bits per heavy atom. The van der Waals surface area contributed by atoms with Crippen LogP contribution in [-0.2, 0) is 4.79 Å². The molecule has 1 N–H and O–H groups in total. The standard InChI is InChI=1S/C21H27N5O2S/c27-20(25-9-11-26(12-10-25)21(28)18-4-3-13-29-18)16-24-8-6-17(15-24)14-23-19-5-1-2-7-22-19/h1-5,7,13,17H,6,8-12,14-16H2,(H,22,23). The number of hydrogen-bond acceptors (Lipinski definition) is 6. The molecule has 4 rings (SSSR count). The van der Waals surface area contributed by atoms with Gasteiger partial charge < -0.3 is 15.1 Å². The largest absolute Gasteiger partial charge is 0.370 e. The van der Waals surface area contributed by atoms with Gasteiger partial charge in [0.15, 0.2) is 0 Å². The number of amides is 2. The van der Waals surface area contributed by atoms with Crippen molar-refractivity contribution in [3.63, 3.8) is 0 Å². The number of rotatable bonds is 6. The molecule has 1 atom stereocenters. The fraction of sp³-hybridized carbons (Fsp3) is 0.476. The first-order chi connectivity index (χ1) is 14.2. The predicted molar refractivity (Wildman–Crippen MR) is 114 cm³/mol. The van der Waals surface area contributed by atoms with E-state index in [0.717, 1.165) is 36.8 Å². The highest BCUT2D eigenvalue weighted by Gasteiger charge is 2.28. The second-order valence-electron chi connectivity index (χ2n) is 7.64. The van der Waals surface area contributed by atoms with E-state index in [0.29, 0.717) is 38.6 Å². The average molecular weight is 414 g/mol. The van der Waals surface area contributed by atoms with Gasteiger partial charge in [0.05, 0.1) is 11.4 Å².